The highest BCUT2D eigenvalue weighted by atomic mass is 32.1. The average Bonchev–Trinajstić information content (AvgIpc) is 2.92. The molecule has 5 nitrogen and oxygen atoms in total. The minimum atomic E-state index is -0.757. The summed E-state index contributed by atoms with van der Waals surface area (Å²) < 4.78 is 0. The summed E-state index contributed by atoms with van der Waals surface area (Å²) in [7, 11) is 0. The summed E-state index contributed by atoms with van der Waals surface area (Å²) >= 11 is 1.69. The second-order valence-corrected chi connectivity index (χ2v) is 6.12. The van der Waals surface area contributed by atoms with Crippen molar-refractivity contribution in [1.82, 2.24) is 10.2 Å². The number of rotatable bonds is 6. The second kappa shape index (κ2) is 7.40. The van der Waals surface area contributed by atoms with Crippen LogP contribution in [0.5, 0.6) is 0 Å². The zero-order chi connectivity index (χ0) is 14.4. The Hall–Kier alpha value is -1.40. The van der Waals surface area contributed by atoms with Gasteiger partial charge < -0.3 is 10.4 Å². The summed E-state index contributed by atoms with van der Waals surface area (Å²) in [4.78, 5) is 26.0. The number of nitrogens with zero attached hydrogens (tertiary/aromatic N) is 1. The Labute approximate surface area is 122 Å². The third-order valence-corrected chi connectivity index (χ3v) is 4.43. The number of likely N-dealkylation sites (tertiary alicyclic amines) is 1. The second-order valence-electron chi connectivity index (χ2n) is 5.09. The predicted octanol–water partition coefficient (Wildman–Crippen LogP) is 1.20. The van der Waals surface area contributed by atoms with E-state index in [1.54, 1.807) is 11.3 Å². The summed E-state index contributed by atoms with van der Waals surface area (Å²) in [6, 6.07) is 4.06. The van der Waals surface area contributed by atoms with Gasteiger partial charge in [-0.15, -0.1) is 11.3 Å². The number of amides is 1. The van der Waals surface area contributed by atoms with E-state index in [2.05, 4.69) is 11.4 Å². The van der Waals surface area contributed by atoms with Crippen LogP contribution in [0.25, 0.3) is 0 Å². The molecule has 2 rings (SSSR count). The van der Waals surface area contributed by atoms with Gasteiger partial charge >= 0.3 is 5.97 Å². The van der Waals surface area contributed by atoms with Gasteiger partial charge in [0, 0.05) is 18.0 Å². The molecule has 0 spiro atoms. The summed E-state index contributed by atoms with van der Waals surface area (Å²) in [5.74, 6) is -1.11. The van der Waals surface area contributed by atoms with E-state index in [1.807, 2.05) is 16.3 Å². The normalized spacial score (nSPS) is 19.7. The van der Waals surface area contributed by atoms with Crippen molar-refractivity contribution in [2.24, 2.45) is 5.92 Å². The molecule has 0 radical (unpaired) electrons. The lowest BCUT2D eigenvalue weighted by Crippen LogP contribution is -2.44. The summed E-state index contributed by atoms with van der Waals surface area (Å²) in [6.07, 6.45) is 2.41. The van der Waals surface area contributed by atoms with E-state index in [1.165, 1.54) is 4.88 Å². The molecule has 1 amide bonds. The van der Waals surface area contributed by atoms with Crippen molar-refractivity contribution in [3.8, 4) is 0 Å². The van der Waals surface area contributed by atoms with Gasteiger partial charge in [-0.25, -0.2) is 0 Å². The van der Waals surface area contributed by atoms with Crippen molar-refractivity contribution < 1.29 is 14.7 Å². The Morgan fingerprint density at radius 3 is 3.05 bits per heavy atom. The Morgan fingerprint density at radius 1 is 1.50 bits per heavy atom. The molecule has 1 saturated heterocycles. The molecule has 6 heteroatoms. The van der Waals surface area contributed by atoms with Crippen molar-refractivity contribution in [2.45, 2.75) is 19.3 Å². The number of aliphatic carboxylic acids is 1. The maximum absolute atomic E-state index is 11.8. The third-order valence-electron chi connectivity index (χ3n) is 3.50. The molecule has 0 saturated carbocycles. The molecular weight excluding hydrogens is 276 g/mol. The van der Waals surface area contributed by atoms with Crippen LogP contribution < -0.4 is 5.32 Å². The van der Waals surface area contributed by atoms with Gasteiger partial charge in [0.25, 0.3) is 0 Å². The minimum Gasteiger partial charge on any atom is -0.481 e. The fraction of sp³-hybridized carbons (Fsp3) is 0.571. The first kappa shape index (κ1) is 15.0. The number of hydrogen-bond acceptors (Lipinski definition) is 4. The van der Waals surface area contributed by atoms with Crippen molar-refractivity contribution in [3.63, 3.8) is 0 Å². The lowest BCUT2D eigenvalue weighted by Gasteiger charge is -2.29. The maximum atomic E-state index is 11.8. The number of carboxylic acids is 1. The zero-order valence-electron chi connectivity index (χ0n) is 11.4. The predicted molar refractivity (Wildman–Crippen MR) is 77.8 cm³/mol. The molecule has 1 aromatic rings. The van der Waals surface area contributed by atoms with Crippen LogP contribution >= 0.6 is 11.3 Å². The first-order valence-corrected chi connectivity index (χ1v) is 7.77. The van der Waals surface area contributed by atoms with Crippen LogP contribution in [-0.4, -0.2) is 48.1 Å². The lowest BCUT2D eigenvalue weighted by molar-refractivity contribution is -0.144. The van der Waals surface area contributed by atoms with E-state index in [4.69, 9.17) is 5.11 Å². The molecule has 0 aliphatic carbocycles. The highest BCUT2D eigenvalue weighted by Crippen LogP contribution is 2.16. The van der Waals surface area contributed by atoms with Gasteiger partial charge in [0.05, 0.1) is 12.5 Å². The minimum absolute atomic E-state index is 0.0207. The Kier molecular flexibility index (Phi) is 5.55. The Balaban J connectivity index is 1.67. The molecule has 0 bridgehead atoms. The highest BCUT2D eigenvalue weighted by Gasteiger charge is 2.26. The van der Waals surface area contributed by atoms with E-state index in [9.17, 15) is 9.59 Å². The number of thiophene rings is 1. The van der Waals surface area contributed by atoms with Crippen LogP contribution in [0.2, 0.25) is 0 Å². The number of piperidine rings is 1. The third kappa shape index (κ3) is 4.61. The number of nitrogens with one attached hydrogen (secondary N) is 1. The van der Waals surface area contributed by atoms with Crippen LogP contribution in [0, 0.1) is 5.92 Å². The molecule has 20 heavy (non-hydrogen) atoms. The maximum Gasteiger partial charge on any atom is 0.307 e. The number of carboxylic acid groups (broad SMARTS) is 1. The van der Waals surface area contributed by atoms with Crippen molar-refractivity contribution >= 4 is 23.2 Å². The van der Waals surface area contributed by atoms with Gasteiger partial charge in [0.1, 0.15) is 0 Å². The zero-order valence-corrected chi connectivity index (χ0v) is 12.2. The SMILES string of the molecule is O=C(CN1CCCC(C(=O)O)C1)NCCc1cccs1. The van der Waals surface area contributed by atoms with E-state index in [0.29, 0.717) is 26.1 Å². The first-order chi connectivity index (χ1) is 9.65. The van der Waals surface area contributed by atoms with Gasteiger partial charge in [-0.05, 0) is 37.3 Å². The van der Waals surface area contributed by atoms with Gasteiger partial charge in [-0.3, -0.25) is 14.5 Å². The number of hydrogen-bond donors (Lipinski definition) is 2. The fourth-order valence-corrected chi connectivity index (χ4v) is 3.15. The van der Waals surface area contributed by atoms with Crippen molar-refractivity contribution in [1.29, 1.82) is 0 Å². The summed E-state index contributed by atoms with van der Waals surface area (Å²) in [5, 5.41) is 13.9. The Bertz CT molecular complexity index is 447. The van der Waals surface area contributed by atoms with Crippen LogP contribution in [0.1, 0.15) is 17.7 Å². The first-order valence-electron chi connectivity index (χ1n) is 6.89. The van der Waals surface area contributed by atoms with Crippen molar-refractivity contribution in [2.75, 3.05) is 26.2 Å². The topological polar surface area (TPSA) is 69.6 Å². The van der Waals surface area contributed by atoms with E-state index < -0.39 is 5.97 Å². The molecule has 110 valence electrons. The van der Waals surface area contributed by atoms with Crippen LogP contribution in [0.15, 0.2) is 17.5 Å². The van der Waals surface area contributed by atoms with Crippen LogP contribution in [-0.2, 0) is 16.0 Å². The van der Waals surface area contributed by atoms with E-state index >= 15 is 0 Å². The molecule has 1 atom stereocenters. The van der Waals surface area contributed by atoms with Crippen LogP contribution in [0.4, 0.5) is 0 Å². The van der Waals surface area contributed by atoms with Gasteiger partial charge in [-0.1, -0.05) is 6.07 Å². The Morgan fingerprint density at radius 2 is 2.35 bits per heavy atom. The largest absolute Gasteiger partial charge is 0.481 e. The molecular formula is C14H20N2O3S. The van der Waals surface area contributed by atoms with Crippen LogP contribution in [0.3, 0.4) is 0 Å². The van der Waals surface area contributed by atoms with E-state index in [0.717, 1.165) is 19.4 Å². The lowest BCUT2D eigenvalue weighted by atomic mass is 9.98. The molecule has 1 fully saturated rings. The standard InChI is InChI=1S/C14H20N2O3S/c17-13(15-6-5-12-4-2-8-20-12)10-16-7-1-3-11(9-16)14(18)19/h2,4,8,11H,1,3,5-7,9-10H2,(H,15,17)(H,18,19). The molecule has 1 aliphatic rings. The van der Waals surface area contributed by atoms with Gasteiger partial charge in [0.15, 0.2) is 0 Å². The molecule has 2 heterocycles. The number of carbonyl (C=O) groups is 2. The molecule has 0 aromatic carbocycles. The summed E-state index contributed by atoms with van der Waals surface area (Å²) in [6.45, 7) is 2.22. The molecule has 2 N–H and O–H groups in total. The number of carbonyl (C=O) groups excluding carboxylic acids is 1. The quantitative estimate of drug-likeness (QED) is 0.828. The van der Waals surface area contributed by atoms with Gasteiger partial charge in [-0.2, -0.15) is 0 Å². The van der Waals surface area contributed by atoms with Gasteiger partial charge in [0.2, 0.25) is 5.91 Å². The summed E-state index contributed by atoms with van der Waals surface area (Å²) in [5.41, 5.74) is 0. The molecule has 1 aliphatic heterocycles. The smallest absolute Gasteiger partial charge is 0.307 e. The monoisotopic (exact) mass is 296 g/mol. The highest BCUT2D eigenvalue weighted by molar-refractivity contribution is 7.09. The average molecular weight is 296 g/mol. The fourth-order valence-electron chi connectivity index (χ4n) is 2.44. The molecule has 1 unspecified atom stereocenters. The van der Waals surface area contributed by atoms with E-state index in [-0.39, 0.29) is 11.8 Å². The van der Waals surface area contributed by atoms with Crippen molar-refractivity contribution in [3.05, 3.63) is 22.4 Å². The molecule has 1 aromatic heterocycles.